The van der Waals surface area contributed by atoms with Crippen LogP contribution in [0.5, 0.6) is 0 Å². The number of aromatic amines is 1. The van der Waals surface area contributed by atoms with Crippen molar-refractivity contribution >= 4 is 28.2 Å². The number of rotatable bonds is 7. The average Bonchev–Trinajstić information content (AvgIpc) is 3.19. The van der Waals surface area contributed by atoms with Crippen molar-refractivity contribution in [2.24, 2.45) is 0 Å². The summed E-state index contributed by atoms with van der Waals surface area (Å²) in [6.07, 6.45) is 2.23. The minimum atomic E-state index is -0.0711. The molecule has 1 saturated heterocycles. The summed E-state index contributed by atoms with van der Waals surface area (Å²) >= 11 is 5.59. The van der Waals surface area contributed by atoms with Gasteiger partial charge in [-0.3, -0.25) is 4.79 Å². The number of hydrogen-bond acceptors (Lipinski definition) is 4. The Balaban J connectivity index is 1.84. The van der Waals surface area contributed by atoms with E-state index in [9.17, 15) is 4.79 Å². The van der Waals surface area contributed by atoms with Gasteiger partial charge in [-0.25, -0.2) is 0 Å². The molecular weight excluding hydrogens is 374 g/mol. The summed E-state index contributed by atoms with van der Waals surface area (Å²) < 4.78 is 10.9. The topological polar surface area (TPSA) is 66.6 Å². The minimum Gasteiger partial charge on any atom is -0.383 e. The average molecular weight is 404 g/mol. The normalized spacial score (nSPS) is 16.5. The summed E-state index contributed by atoms with van der Waals surface area (Å²) in [5.74, 6) is 0. The van der Waals surface area contributed by atoms with Gasteiger partial charge in [0.1, 0.15) is 0 Å². The minimum absolute atomic E-state index is 0.0711. The van der Waals surface area contributed by atoms with E-state index in [1.54, 1.807) is 7.11 Å². The van der Waals surface area contributed by atoms with E-state index >= 15 is 0 Å². The van der Waals surface area contributed by atoms with E-state index < -0.39 is 0 Å². The quantitative estimate of drug-likeness (QED) is 0.547. The van der Waals surface area contributed by atoms with Crippen molar-refractivity contribution in [2.75, 3.05) is 33.4 Å². The second-order valence-electron chi connectivity index (χ2n) is 7.34. The Hall–Kier alpha value is -1.96. The zero-order chi connectivity index (χ0) is 20.1. The highest BCUT2D eigenvalue weighted by molar-refractivity contribution is 7.80. The standard InChI is InChI=1S/C21H29N3O3S/c1-14-6-7-16-11-17(20(25)23-19(16)15(14)2)12-24(13-18-5-4-9-27-18)21(28)22-8-10-26-3/h6-7,11,18H,4-5,8-10,12-13H2,1-3H3,(H,22,28)(H,23,25)/t18-/m0/s1. The number of aromatic nitrogens is 1. The SMILES string of the molecule is COCCNC(=S)N(Cc1cc2ccc(C)c(C)c2[nH]c1=O)C[C@@H]1CCCO1. The number of hydrogen-bond donors (Lipinski definition) is 2. The summed E-state index contributed by atoms with van der Waals surface area (Å²) in [5.41, 5.74) is 3.80. The number of benzene rings is 1. The van der Waals surface area contributed by atoms with Gasteiger partial charge in [-0.1, -0.05) is 12.1 Å². The largest absolute Gasteiger partial charge is 0.383 e. The fourth-order valence-electron chi connectivity index (χ4n) is 3.52. The third-order valence-corrected chi connectivity index (χ3v) is 5.71. The molecule has 0 unspecified atom stereocenters. The number of nitrogens with zero attached hydrogens (tertiary/aromatic N) is 1. The van der Waals surface area contributed by atoms with E-state index in [0.29, 0.717) is 36.9 Å². The first-order valence-electron chi connectivity index (χ1n) is 9.75. The summed E-state index contributed by atoms with van der Waals surface area (Å²) in [6.45, 7) is 7.19. The predicted molar refractivity (Wildman–Crippen MR) is 116 cm³/mol. The Morgan fingerprint density at radius 2 is 2.25 bits per heavy atom. The summed E-state index contributed by atoms with van der Waals surface area (Å²) in [4.78, 5) is 17.8. The molecule has 0 radical (unpaired) electrons. The Morgan fingerprint density at radius 1 is 1.43 bits per heavy atom. The fourth-order valence-corrected chi connectivity index (χ4v) is 3.76. The van der Waals surface area contributed by atoms with Crippen LogP contribution in [0, 0.1) is 13.8 Å². The Kier molecular flexibility index (Phi) is 7.04. The van der Waals surface area contributed by atoms with Crippen LogP contribution in [0.4, 0.5) is 0 Å². The molecule has 2 aromatic rings. The number of H-pyrrole nitrogens is 1. The lowest BCUT2D eigenvalue weighted by Crippen LogP contribution is -2.44. The van der Waals surface area contributed by atoms with E-state index in [2.05, 4.69) is 29.4 Å². The molecule has 0 saturated carbocycles. The molecule has 0 aliphatic carbocycles. The van der Waals surface area contributed by atoms with Crippen LogP contribution in [0.15, 0.2) is 23.0 Å². The molecular formula is C21H29N3O3S. The highest BCUT2D eigenvalue weighted by Gasteiger charge is 2.22. The maximum absolute atomic E-state index is 12.8. The highest BCUT2D eigenvalue weighted by atomic mass is 32.1. The fraction of sp³-hybridized carbons (Fsp3) is 0.524. The number of methoxy groups -OCH3 is 1. The third kappa shape index (κ3) is 4.90. The van der Waals surface area contributed by atoms with E-state index in [4.69, 9.17) is 21.7 Å². The van der Waals surface area contributed by atoms with Gasteiger partial charge in [0.25, 0.3) is 5.56 Å². The molecule has 0 spiro atoms. The molecule has 1 aromatic heterocycles. The molecule has 1 aliphatic heterocycles. The second kappa shape index (κ2) is 9.49. The van der Waals surface area contributed by atoms with Crippen molar-refractivity contribution in [2.45, 2.75) is 39.3 Å². The molecule has 0 amide bonds. The van der Waals surface area contributed by atoms with E-state index in [1.807, 2.05) is 17.9 Å². The maximum Gasteiger partial charge on any atom is 0.253 e. The molecule has 2 heterocycles. The lowest BCUT2D eigenvalue weighted by molar-refractivity contribution is 0.0895. The molecule has 6 nitrogen and oxygen atoms in total. The zero-order valence-corrected chi connectivity index (χ0v) is 17.7. The number of fused-ring (bicyclic) bond motifs is 1. The lowest BCUT2D eigenvalue weighted by atomic mass is 10.0. The van der Waals surface area contributed by atoms with Crippen LogP contribution in [0.3, 0.4) is 0 Å². The summed E-state index contributed by atoms with van der Waals surface area (Å²) in [5, 5.41) is 4.87. The van der Waals surface area contributed by atoms with Crippen LogP contribution in [0.25, 0.3) is 10.9 Å². The van der Waals surface area contributed by atoms with E-state index in [0.717, 1.165) is 35.9 Å². The van der Waals surface area contributed by atoms with Gasteiger partial charge >= 0.3 is 0 Å². The Morgan fingerprint density at radius 3 is 2.96 bits per heavy atom. The number of thiocarbonyl (C=S) groups is 1. The number of aryl methyl sites for hydroxylation is 2. The van der Waals surface area contributed by atoms with Gasteiger partial charge in [-0.2, -0.15) is 0 Å². The molecule has 0 bridgehead atoms. The molecule has 1 aliphatic rings. The van der Waals surface area contributed by atoms with Crippen molar-refractivity contribution in [1.29, 1.82) is 0 Å². The molecule has 28 heavy (non-hydrogen) atoms. The smallest absolute Gasteiger partial charge is 0.253 e. The van der Waals surface area contributed by atoms with Crippen LogP contribution in [0.1, 0.15) is 29.5 Å². The van der Waals surface area contributed by atoms with Crippen LogP contribution >= 0.6 is 12.2 Å². The Labute approximate surface area is 171 Å². The van der Waals surface area contributed by atoms with Gasteiger partial charge in [-0.05, 0) is 61.5 Å². The van der Waals surface area contributed by atoms with Crippen LogP contribution in [-0.4, -0.2) is 54.5 Å². The van der Waals surface area contributed by atoms with Crippen LogP contribution in [-0.2, 0) is 16.0 Å². The van der Waals surface area contributed by atoms with Crippen molar-refractivity contribution in [3.8, 4) is 0 Å². The molecule has 1 aromatic carbocycles. The molecule has 3 rings (SSSR count). The predicted octanol–water partition coefficient (Wildman–Crippen LogP) is 2.65. The monoisotopic (exact) mass is 403 g/mol. The van der Waals surface area contributed by atoms with Gasteiger partial charge in [0.05, 0.1) is 24.8 Å². The first kappa shape index (κ1) is 20.8. The highest BCUT2D eigenvalue weighted by Crippen LogP contribution is 2.20. The van der Waals surface area contributed by atoms with Crippen molar-refractivity contribution < 1.29 is 9.47 Å². The molecule has 152 valence electrons. The summed E-state index contributed by atoms with van der Waals surface area (Å²) in [7, 11) is 1.66. The summed E-state index contributed by atoms with van der Waals surface area (Å²) in [6, 6.07) is 6.11. The first-order valence-corrected chi connectivity index (χ1v) is 10.2. The number of ether oxygens (including phenoxy) is 2. The van der Waals surface area contributed by atoms with Crippen molar-refractivity contribution in [3.05, 3.63) is 45.2 Å². The maximum atomic E-state index is 12.8. The van der Waals surface area contributed by atoms with Crippen molar-refractivity contribution in [3.63, 3.8) is 0 Å². The van der Waals surface area contributed by atoms with Crippen LogP contribution in [0.2, 0.25) is 0 Å². The van der Waals surface area contributed by atoms with Crippen molar-refractivity contribution in [1.82, 2.24) is 15.2 Å². The zero-order valence-electron chi connectivity index (χ0n) is 16.8. The second-order valence-corrected chi connectivity index (χ2v) is 7.72. The third-order valence-electron chi connectivity index (χ3n) is 5.31. The van der Waals surface area contributed by atoms with Gasteiger partial charge in [-0.15, -0.1) is 0 Å². The first-order chi connectivity index (χ1) is 13.5. The Bertz CT molecular complexity index is 890. The molecule has 1 atom stereocenters. The van der Waals surface area contributed by atoms with Crippen LogP contribution < -0.4 is 10.9 Å². The van der Waals surface area contributed by atoms with E-state index in [1.165, 1.54) is 5.56 Å². The molecule has 7 heteroatoms. The van der Waals surface area contributed by atoms with Gasteiger partial charge in [0, 0.05) is 32.4 Å². The van der Waals surface area contributed by atoms with Gasteiger partial charge in [0.2, 0.25) is 0 Å². The van der Waals surface area contributed by atoms with Gasteiger partial charge in [0.15, 0.2) is 5.11 Å². The number of nitrogens with one attached hydrogen (secondary N) is 2. The molecule has 2 N–H and O–H groups in total. The lowest BCUT2D eigenvalue weighted by Gasteiger charge is -2.28. The molecule has 1 fully saturated rings. The number of pyridine rings is 1. The van der Waals surface area contributed by atoms with E-state index in [-0.39, 0.29) is 11.7 Å². The van der Waals surface area contributed by atoms with Gasteiger partial charge < -0.3 is 24.7 Å².